The number of alkyl halides is 3. The molecule has 0 aromatic heterocycles. The predicted octanol–water partition coefficient (Wildman–Crippen LogP) is 3.24. The third-order valence-electron chi connectivity index (χ3n) is 2.06. The van der Waals surface area contributed by atoms with Crippen molar-refractivity contribution in [3.63, 3.8) is 0 Å². The minimum Gasteiger partial charge on any atom is -0.460 e. The maximum absolute atomic E-state index is 13.5. The molecule has 0 aliphatic rings. The van der Waals surface area contributed by atoms with Crippen molar-refractivity contribution in [2.45, 2.75) is 13.1 Å². The van der Waals surface area contributed by atoms with Gasteiger partial charge in [0.2, 0.25) is 0 Å². The summed E-state index contributed by atoms with van der Waals surface area (Å²) in [5, 5.41) is -0.900. The van der Waals surface area contributed by atoms with Crippen molar-refractivity contribution in [3.8, 4) is 0 Å². The summed E-state index contributed by atoms with van der Waals surface area (Å²) >= 11 is 5.27. The molecular weight excluding hydrogens is 292 g/mol. The van der Waals surface area contributed by atoms with Crippen molar-refractivity contribution >= 4 is 23.4 Å². The summed E-state index contributed by atoms with van der Waals surface area (Å²) in [6.07, 6.45) is -4.82. The van der Waals surface area contributed by atoms with E-state index in [-0.39, 0.29) is 12.7 Å². The maximum Gasteiger partial charge on any atom is 0.416 e. The first-order chi connectivity index (χ1) is 8.68. The first-order valence-electron chi connectivity index (χ1n) is 4.96. The first-order valence-corrected chi connectivity index (χ1v) is 5.34. The van der Waals surface area contributed by atoms with Crippen LogP contribution in [0.5, 0.6) is 0 Å². The fourth-order valence-electron chi connectivity index (χ4n) is 1.22. The minimum absolute atomic E-state index is 0.168. The van der Waals surface area contributed by atoms with Crippen molar-refractivity contribution in [1.82, 2.24) is 0 Å². The second-order valence-electron chi connectivity index (χ2n) is 3.37. The lowest BCUT2D eigenvalue weighted by Gasteiger charge is -2.10. The van der Waals surface area contributed by atoms with Gasteiger partial charge >= 0.3 is 12.1 Å². The van der Waals surface area contributed by atoms with E-state index < -0.39 is 39.9 Å². The molecule has 19 heavy (non-hydrogen) atoms. The summed E-state index contributed by atoms with van der Waals surface area (Å²) in [5.41, 5.74) is -2.40. The van der Waals surface area contributed by atoms with Gasteiger partial charge in [0.1, 0.15) is 0 Å². The molecule has 0 spiro atoms. The summed E-state index contributed by atoms with van der Waals surface area (Å²) in [6.45, 7) is 1.22. The number of ketones is 1. The molecule has 0 N–H and O–H groups in total. The molecule has 0 heterocycles. The van der Waals surface area contributed by atoms with Crippen LogP contribution >= 0.6 is 11.6 Å². The van der Waals surface area contributed by atoms with Gasteiger partial charge in [-0.25, -0.2) is 9.18 Å². The van der Waals surface area contributed by atoms with Crippen molar-refractivity contribution in [1.29, 1.82) is 0 Å². The Hall–Kier alpha value is -1.63. The molecule has 0 radical (unpaired) electrons. The van der Waals surface area contributed by atoms with Crippen LogP contribution in [0, 0.1) is 5.82 Å². The molecule has 0 saturated heterocycles. The van der Waals surface area contributed by atoms with E-state index in [4.69, 9.17) is 11.6 Å². The first kappa shape index (κ1) is 15.4. The van der Waals surface area contributed by atoms with Gasteiger partial charge in [0.05, 0.1) is 22.8 Å². The summed E-state index contributed by atoms with van der Waals surface area (Å²) < 4.78 is 55.2. The zero-order valence-corrected chi connectivity index (χ0v) is 10.2. The van der Waals surface area contributed by atoms with Crippen molar-refractivity contribution in [2.24, 2.45) is 0 Å². The van der Waals surface area contributed by atoms with E-state index in [1.165, 1.54) is 6.92 Å². The number of esters is 1. The van der Waals surface area contributed by atoms with E-state index in [9.17, 15) is 27.2 Å². The molecular formula is C11H7ClF4O3. The van der Waals surface area contributed by atoms with Crippen LogP contribution in [-0.2, 0) is 15.7 Å². The number of hydrogen-bond acceptors (Lipinski definition) is 3. The quantitative estimate of drug-likeness (QED) is 0.372. The fraction of sp³-hybridized carbons (Fsp3) is 0.273. The Balaban J connectivity index is 3.31. The predicted molar refractivity (Wildman–Crippen MR) is 57.4 cm³/mol. The summed E-state index contributed by atoms with van der Waals surface area (Å²) in [5.74, 6) is -4.36. The molecule has 8 heteroatoms. The number of Topliss-reactive ketones (excluding diaryl/α,β-unsaturated/α-hetero) is 1. The van der Waals surface area contributed by atoms with E-state index in [0.29, 0.717) is 6.07 Å². The molecule has 1 aromatic rings. The maximum atomic E-state index is 13.5. The van der Waals surface area contributed by atoms with Crippen LogP contribution in [0.15, 0.2) is 12.1 Å². The number of ether oxygens (including phenoxy) is 1. The summed E-state index contributed by atoms with van der Waals surface area (Å²) in [6, 6.07) is 0.555. The molecule has 0 atom stereocenters. The molecule has 0 unspecified atom stereocenters. The molecule has 104 valence electrons. The van der Waals surface area contributed by atoms with Gasteiger partial charge in [-0.3, -0.25) is 4.79 Å². The highest BCUT2D eigenvalue weighted by molar-refractivity contribution is 6.41. The lowest BCUT2D eigenvalue weighted by molar-refractivity contribution is -0.139. The Kier molecular flexibility index (Phi) is 4.52. The highest BCUT2D eigenvalue weighted by Crippen LogP contribution is 2.33. The van der Waals surface area contributed by atoms with Crippen LogP contribution in [0.1, 0.15) is 22.8 Å². The van der Waals surface area contributed by atoms with Crippen molar-refractivity contribution < 1.29 is 31.9 Å². The highest BCUT2D eigenvalue weighted by atomic mass is 35.5. The molecule has 0 bridgehead atoms. The van der Waals surface area contributed by atoms with E-state index in [0.717, 1.165) is 0 Å². The Morgan fingerprint density at radius 1 is 1.32 bits per heavy atom. The van der Waals surface area contributed by atoms with Gasteiger partial charge in [-0.2, -0.15) is 13.2 Å². The topological polar surface area (TPSA) is 43.4 Å². The number of benzene rings is 1. The van der Waals surface area contributed by atoms with Gasteiger partial charge < -0.3 is 4.74 Å². The zero-order valence-electron chi connectivity index (χ0n) is 9.48. The lowest BCUT2D eigenvalue weighted by Crippen LogP contribution is -2.20. The number of carbonyl (C=O) groups is 2. The Morgan fingerprint density at radius 3 is 2.37 bits per heavy atom. The van der Waals surface area contributed by atoms with Gasteiger partial charge in [-0.05, 0) is 19.1 Å². The third kappa shape index (κ3) is 3.44. The van der Waals surface area contributed by atoms with Gasteiger partial charge in [-0.1, -0.05) is 11.6 Å². The molecule has 1 rings (SSSR count). The number of rotatable bonds is 3. The number of carbonyl (C=O) groups excluding carboxylic acids is 2. The molecule has 1 aromatic carbocycles. The molecule has 0 aliphatic heterocycles. The van der Waals surface area contributed by atoms with Gasteiger partial charge in [0.15, 0.2) is 5.82 Å². The van der Waals surface area contributed by atoms with Gasteiger partial charge in [0, 0.05) is 0 Å². The van der Waals surface area contributed by atoms with Gasteiger partial charge in [0.25, 0.3) is 5.78 Å². The molecule has 0 saturated carbocycles. The number of hydrogen-bond donors (Lipinski definition) is 0. The van der Waals surface area contributed by atoms with Crippen LogP contribution in [0.2, 0.25) is 5.02 Å². The number of halogens is 5. The molecule has 3 nitrogen and oxygen atoms in total. The van der Waals surface area contributed by atoms with Gasteiger partial charge in [-0.15, -0.1) is 0 Å². The monoisotopic (exact) mass is 298 g/mol. The molecule has 0 amide bonds. The van der Waals surface area contributed by atoms with Crippen LogP contribution in [0.4, 0.5) is 17.6 Å². The smallest absolute Gasteiger partial charge is 0.416 e. The molecule has 0 fully saturated rings. The van der Waals surface area contributed by atoms with E-state index in [2.05, 4.69) is 4.74 Å². The second-order valence-corrected chi connectivity index (χ2v) is 3.77. The average molecular weight is 299 g/mol. The second kappa shape index (κ2) is 5.56. The van der Waals surface area contributed by atoms with E-state index >= 15 is 0 Å². The average Bonchev–Trinajstić information content (AvgIpc) is 2.30. The fourth-order valence-corrected chi connectivity index (χ4v) is 1.44. The van der Waals surface area contributed by atoms with Crippen LogP contribution in [0.25, 0.3) is 0 Å². The van der Waals surface area contributed by atoms with Crippen LogP contribution in [-0.4, -0.2) is 18.4 Å². The van der Waals surface area contributed by atoms with Crippen molar-refractivity contribution in [2.75, 3.05) is 6.61 Å². The highest BCUT2D eigenvalue weighted by Gasteiger charge is 2.34. The third-order valence-corrected chi connectivity index (χ3v) is 2.34. The Labute approximate surface area is 110 Å². The minimum atomic E-state index is -4.82. The lowest BCUT2D eigenvalue weighted by atomic mass is 10.1. The Morgan fingerprint density at radius 2 is 1.89 bits per heavy atom. The van der Waals surface area contributed by atoms with E-state index in [1.807, 2.05) is 0 Å². The molecule has 0 aliphatic carbocycles. The van der Waals surface area contributed by atoms with E-state index in [1.54, 1.807) is 0 Å². The Bertz CT molecular complexity index is 525. The van der Waals surface area contributed by atoms with Crippen LogP contribution < -0.4 is 0 Å². The summed E-state index contributed by atoms with van der Waals surface area (Å²) in [4.78, 5) is 22.6. The normalized spacial score (nSPS) is 11.3. The zero-order chi connectivity index (χ0) is 14.8. The largest absolute Gasteiger partial charge is 0.460 e. The van der Waals surface area contributed by atoms with Crippen molar-refractivity contribution in [3.05, 3.63) is 34.1 Å². The standard InChI is InChI=1S/C11H7ClF4O3/c1-2-19-10(18)9(17)6-3-5(11(14,15)16)4-7(12)8(6)13/h3-4H,2H2,1H3. The van der Waals surface area contributed by atoms with Crippen LogP contribution in [0.3, 0.4) is 0 Å². The SMILES string of the molecule is CCOC(=O)C(=O)c1cc(C(F)(F)F)cc(Cl)c1F. The summed E-state index contributed by atoms with van der Waals surface area (Å²) in [7, 11) is 0.